The number of methoxy groups -OCH3 is 1. The van der Waals surface area contributed by atoms with E-state index in [2.05, 4.69) is 31.8 Å². The van der Waals surface area contributed by atoms with Crippen LogP contribution in [0, 0.1) is 13.8 Å². The van der Waals surface area contributed by atoms with E-state index in [9.17, 15) is 9.59 Å². The summed E-state index contributed by atoms with van der Waals surface area (Å²) in [6, 6.07) is 14.1. The van der Waals surface area contributed by atoms with Crippen LogP contribution in [0.4, 0.5) is 5.69 Å². The van der Waals surface area contributed by atoms with Gasteiger partial charge in [-0.05, 0) is 82.9 Å². The Labute approximate surface area is 221 Å². The maximum absolute atomic E-state index is 12.2. The third-order valence-corrected chi connectivity index (χ3v) is 6.04. The fraction of sp³-hybridized carbons (Fsp3) is 0.160. The molecule has 0 saturated heterocycles. The molecule has 0 aliphatic rings. The van der Waals surface area contributed by atoms with Crippen molar-refractivity contribution < 1.29 is 19.1 Å². The molecule has 3 aromatic rings. The van der Waals surface area contributed by atoms with Gasteiger partial charge in [0.2, 0.25) is 0 Å². The first-order valence-corrected chi connectivity index (χ1v) is 11.9. The molecule has 10 heteroatoms. The van der Waals surface area contributed by atoms with Crippen molar-refractivity contribution in [3.05, 3.63) is 85.3 Å². The van der Waals surface area contributed by atoms with Crippen molar-refractivity contribution in [2.75, 3.05) is 12.4 Å². The number of ether oxygens (including phenoxy) is 2. The van der Waals surface area contributed by atoms with Gasteiger partial charge in [-0.1, -0.05) is 35.3 Å². The van der Waals surface area contributed by atoms with Gasteiger partial charge in [-0.3, -0.25) is 9.59 Å². The lowest BCUT2D eigenvalue weighted by Gasteiger charge is -2.14. The number of nitrogens with zero attached hydrogens (tertiary/aromatic N) is 1. The highest BCUT2D eigenvalue weighted by Crippen LogP contribution is 2.37. The maximum atomic E-state index is 12.2. The van der Waals surface area contributed by atoms with E-state index in [0.717, 1.165) is 11.1 Å². The molecule has 0 heterocycles. The second kappa shape index (κ2) is 12.1. The van der Waals surface area contributed by atoms with Gasteiger partial charge in [0.1, 0.15) is 6.61 Å². The van der Waals surface area contributed by atoms with E-state index in [0.29, 0.717) is 42.8 Å². The number of amides is 2. The summed E-state index contributed by atoms with van der Waals surface area (Å²) >= 11 is 15.9. The zero-order valence-electron chi connectivity index (χ0n) is 19.1. The highest BCUT2D eigenvalue weighted by molar-refractivity contribution is 9.10. The van der Waals surface area contributed by atoms with Crippen LogP contribution < -0.4 is 20.2 Å². The summed E-state index contributed by atoms with van der Waals surface area (Å²) < 4.78 is 11.9. The first-order chi connectivity index (χ1) is 16.7. The molecule has 3 aromatic carbocycles. The van der Waals surface area contributed by atoms with Gasteiger partial charge >= 0.3 is 11.8 Å². The molecule has 2 amide bonds. The Hall–Kier alpha value is -3.07. The monoisotopic (exact) mass is 577 g/mol. The molecular formula is C25H22BrCl2N3O4. The summed E-state index contributed by atoms with van der Waals surface area (Å²) in [7, 11) is 1.50. The Kier molecular flexibility index (Phi) is 9.14. The predicted octanol–water partition coefficient (Wildman–Crippen LogP) is 6.05. The van der Waals surface area contributed by atoms with Crippen molar-refractivity contribution in [1.82, 2.24) is 5.43 Å². The number of anilines is 1. The minimum absolute atomic E-state index is 0.131. The quantitative estimate of drug-likeness (QED) is 0.203. The first kappa shape index (κ1) is 26.5. The van der Waals surface area contributed by atoms with Gasteiger partial charge in [0.05, 0.1) is 17.8 Å². The van der Waals surface area contributed by atoms with E-state index in [1.54, 1.807) is 42.5 Å². The summed E-state index contributed by atoms with van der Waals surface area (Å²) in [4.78, 5) is 24.3. The normalized spacial score (nSPS) is 10.8. The van der Waals surface area contributed by atoms with Gasteiger partial charge in [0, 0.05) is 21.3 Å². The smallest absolute Gasteiger partial charge is 0.329 e. The van der Waals surface area contributed by atoms with Crippen LogP contribution in [0.25, 0.3) is 0 Å². The molecule has 7 nitrogen and oxygen atoms in total. The van der Waals surface area contributed by atoms with E-state index < -0.39 is 11.8 Å². The largest absolute Gasteiger partial charge is 0.493 e. The number of hydrazone groups is 1. The standard InChI is InChI=1S/C25H22BrCl2N3O4/c1-14-7-15(2)9-17(8-14)30-24(32)25(33)31-29-12-16-10-19(26)23(22(11-16)34-3)35-13-18-20(27)5-4-6-21(18)28/h4-12H,13H2,1-3H3,(H,30,32)(H,31,33)/b29-12+. The lowest BCUT2D eigenvalue weighted by molar-refractivity contribution is -0.136. The highest BCUT2D eigenvalue weighted by atomic mass is 79.9. The molecule has 0 radical (unpaired) electrons. The van der Waals surface area contributed by atoms with Crippen LogP contribution in [-0.4, -0.2) is 25.1 Å². The fourth-order valence-corrected chi connectivity index (χ4v) is 4.30. The third-order valence-electron chi connectivity index (χ3n) is 4.74. The number of aryl methyl sites for hydroxylation is 2. The van der Waals surface area contributed by atoms with E-state index in [-0.39, 0.29) is 6.61 Å². The number of nitrogens with one attached hydrogen (secondary N) is 2. The Morgan fingerprint density at radius 2 is 1.69 bits per heavy atom. The molecular weight excluding hydrogens is 557 g/mol. The van der Waals surface area contributed by atoms with Gasteiger partial charge in [-0.15, -0.1) is 0 Å². The Morgan fingerprint density at radius 3 is 2.31 bits per heavy atom. The molecule has 35 heavy (non-hydrogen) atoms. The average Bonchev–Trinajstić information content (AvgIpc) is 2.78. The molecule has 0 spiro atoms. The number of rotatable bonds is 7. The van der Waals surface area contributed by atoms with E-state index in [1.165, 1.54) is 13.3 Å². The van der Waals surface area contributed by atoms with Crippen LogP contribution in [0.1, 0.15) is 22.3 Å². The van der Waals surface area contributed by atoms with Crippen molar-refractivity contribution in [2.24, 2.45) is 5.10 Å². The van der Waals surface area contributed by atoms with Gasteiger partial charge < -0.3 is 14.8 Å². The number of hydrogen-bond acceptors (Lipinski definition) is 5. The molecule has 0 unspecified atom stereocenters. The van der Waals surface area contributed by atoms with Gasteiger partial charge in [0.15, 0.2) is 11.5 Å². The number of benzene rings is 3. The van der Waals surface area contributed by atoms with Crippen molar-refractivity contribution in [3.63, 3.8) is 0 Å². The summed E-state index contributed by atoms with van der Waals surface area (Å²) in [5, 5.41) is 7.41. The second-order valence-electron chi connectivity index (χ2n) is 7.55. The molecule has 0 atom stereocenters. The molecule has 2 N–H and O–H groups in total. The molecule has 0 fully saturated rings. The lowest BCUT2D eigenvalue weighted by Crippen LogP contribution is -2.32. The van der Waals surface area contributed by atoms with Gasteiger partial charge in [-0.2, -0.15) is 5.10 Å². The summed E-state index contributed by atoms with van der Waals surface area (Å²) in [6.07, 6.45) is 1.38. The Balaban J connectivity index is 1.65. The summed E-state index contributed by atoms with van der Waals surface area (Å²) in [5.74, 6) is -0.865. The summed E-state index contributed by atoms with van der Waals surface area (Å²) in [6.45, 7) is 3.94. The molecule has 0 bridgehead atoms. The molecule has 0 aliphatic carbocycles. The van der Waals surface area contributed by atoms with Crippen LogP contribution in [0.3, 0.4) is 0 Å². The molecule has 182 valence electrons. The van der Waals surface area contributed by atoms with Gasteiger partial charge in [0.25, 0.3) is 0 Å². The average molecular weight is 579 g/mol. The molecule has 3 rings (SSSR count). The minimum Gasteiger partial charge on any atom is -0.493 e. The Bertz CT molecular complexity index is 1260. The zero-order valence-corrected chi connectivity index (χ0v) is 22.2. The number of hydrogen-bond donors (Lipinski definition) is 2. The maximum Gasteiger partial charge on any atom is 0.329 e. The second-order valence-corrected chi connectivity index (χ2v) is 9.22. The SMILES string of the molecule is COc1cc(/C=N/NC(=O)C(=O)Nc2cc(C)cc(C)c2)cc(Br)c1OCc1c(Cl)cccc1Cl. The van der Waals surface area contributed by atoms with Crippen molar-refractivity contribution in [1.29, 1.82) is 0 Å². The van der Waals surface area contributed by atoms with Crippen LogP contribution >= 0.6 is 39.1 Å². The van der Waals surface area contributed by atoms with Crippen molar-refractivity contribution in [2.45, 2.75) is 20.5 Å². The fourth-order valence-electron chi connectivity index (χ4n) is 3.22. The minimum atomic E-state index is -0.900. The topological polar surface area (TPSA) is 89.0 Å². The van der Waals surface area contributed by atoms with Crippen molar-refractivity contribution in [3.8, 4) is 11.5 Å². The number of carbonyl (C=O) groups is 2. The van der Waals surface area contributed by atoms with E-state index >= 15 is 0 Å². The Morgan fingerprint density at radius 1 is 1.03 bits per heavy atom. The van der Waals surface area contributed by atoms with Crippen LogP contribution in [0.15, 0.2) is 58.1 Å². The highest BCUT2D eigenvalue weighted by Gasteiger charge is 2.15. The molecule has 0 aliphatic heterocycles. The predicted molar refractivity (Wildman–Crippen MR) is 142 cm³/mol. The van der Waals surface area contributed by atoms with E-state index in [1.807, 2.05) is 19.9 Å². The number of carbonyl (C=O) groups excluding carboxylic acids is 2. The first-order valence-electron chi connectivity index (χ1n) is 10.3. The number of halogens is 3. The zero-order chi connectivity index (χ0) is 25.5. The van der Waals surface area contributed by atoms with Gasteiger partial charge in [-0.25, -0.2) is 5.43 Å². The summed E-state index contributed by atoms with van der Waals surface area (Å²) in [5.41, 5.74) is 5.93. The van der Waals surface area contributed by atoms with Crippen LogP contribution in [0.2, 0.25) is 10.0 Å². The lowest BCUT2D eigenvalue weighted by atomic mass is 10.1. The van der Waals surface area contributed by atoms with E-state index in [4.69, 9.17) is 32.7 Å². The third kappa shape index (κ3) is 7.21. The van der Waals surface area contributed by atoms with Crippen molar-refractivity contribution >= 4 is 62.8 Å². The van der Waals surface area contributed by atoms with Crippen LogP contribution in [0.5, 0.6) is 11.5 Å². The molecule has 0 aromatic heterocycles. The molecule has 0 saturated carbocycles. The van der Waals surface area contributed by atoms with Crippen LogP contribution in [-0.2, 0) is 16.2 Å².